The number of unbranched alkanes of at least 4 members (excludes halogenated alkanes) is 1. The van der Waals surface area contributed by atoms with E-state index in [1.54, 1.807) is 11.8 Å². The second-order valence-corrected chi connectivity index (χ2v) is 4.97. The van der Waals surface area contributed by atoms with Crippen molar-refractivity contribution in [2.45, 2.75) is 17.9 Å². The van der Waals surface area contributed by atoms with Crippen LogP contribution in [-0.2, 0) is 0 Å². The van der Waals surface area contributed by atoms with E-state index in [-0.39, 0.29) is 0 Å². The van der Waals surface area contributed by atoms with Crippen LogP contribution in [0.25, 0.3) is 0 Å². The second-order valence-electron chi connectivity index (χ2n) is 2.56. The molecular formula is C9H11BrClNS. The normalized spacial score (nSPS) is 10.3. The number of hydrogen-bond donors (Lipinski definition) is 0. The first-order chi connectivity index (χ1) is 6.33. The summed E-state index contributed by atoms with van der Waals surface area (Å²) >= 11 is 10.7. The summed E-state index contributed by atoms with van der Waals surface area (Å²) in [6.45, 7) is 0. The lowest BCUT2D eigenvalue weighted by molar-refractivity contribution is 0.901. The molecule has 1 rings (SSSR count). The van der Waals surface area contributed by atoms with Gasteiger partial charge in [-0.2, -0.15) is 0 Å². The highest BCUT2D eigenvalue weighted by Gasteiger charge is 1.94. The number of nitrogens with zero attached hydrogens (tertiary/aromatic N) is 1. The third-order valence-electron chi connectivity index (χ3n) is 1.48. The van der Waals surface area contributed by atoms with Crippen LogP contribution >= 0.6 is 39.3 Å². The highest BCUT2D eigenvalue weighted by atomic mass is 79.9. The molecule has 0 radical (unpaired) electrons. The van der Waals surface area contributed by atoms with Gasteiger partial charge in [-0.1, -0.05) is 0 Å². The SMILES string of the molecule is ClCCCCSc1ccc(Br)cn1. The molecule has 0 atom stereocenters. The van der Waals surface area contributed by atoms with Gasteiger partial charge < -0.3 is 0 Å². The predicted molar refractivity (Wildman–Crippen MR) is 62.6 cm³/mol. The number of halogens is 2. The smallest absolute Gasteiger partial charge is 0.0960 e. The number of aromatic nitrogens is 1. The summed E-state index contributed by atoms with van der Waals surface area (Å²) in [6, 6.07) is 4.03. The lowest BCUT2D eigenvalue weighted by Crippen LogP contribution is -1.84. The standard InChI is InChI=1S/C9H11BrClNS/c10-8-3-4-9(12-7-8)13-6-2-1-5-11/h3-4,7H,1-2,5-6H2. The van der Waals surface area contributed by atoms with Crippen LogP contribution < -0.4 is 0 Å². The Morgan fingerprint density at radius 2 is 2.23 bits per heavy atom. The third-order valence-corrected chi connectivity index (χ3v) is 3.24. The van der Waals surface area contributed by atoms with E-state index >= 15 is 0 Å². The molecule has 0 aliphatic rings. The number of thioether (sulfide) groups is 1. The Balaban J connectivity index is 2.25. The summed E-state index contributed by atoms with van der Waals surface area (Å²) < 4.78 is 1.03. The van der Waals surface area contributed by atoms with Gasteiger partial charge in [0.1, 0.15) is 0 Å². The summed E-state index contributed by atoms with van der Waals surface area (Å²) in [7, 11) is 0. The number of pyridine rings is 1. The zero-order chi connectivity index (χ0) is 9.52. The van der Waals surface area contributed by atoms with Gasteiger partial charge in [0, 0.05) is 16.5 Å². The Morgan fingerprint density at radius 1 is 1.38 bits per heavy atom. The highest BCUT2D eigenvalue weighted by Crippen LogP contribution is 2.18. The van der Waals surface area contributed by atoms with Crippen molar-refractivity contribution in [3.63, 3.8) is 0 Å². The minimum Gasteiger partial charge on any atom is -0.249 e. The van der Waals surface area contributed by atoms with Gasteiger partial charge in [0.25, 0.3) is 0 Å². The number of hydrogen-bond acceptors (Lipinski definition) is 2. The first-order valence-electron chi connectivity index (χ1n) is 4.13. The van der Waals surface area contributed by atoms with Gasteiger partial charge in [-0.3, -0.25) is 0 Å². The van der Waals surface area contributed by atoms with E-state index in [1.165, 1.54) is 0 Å². The van der Waals surface area contributed by atoms with Crippen molar-refractivity contribution < 1.29 is 0 Å². The molecule has 0 amide bonds. The lowest BCUT2D eigenvalue weighted by Gasteiger charge is -1.99. The molecule has 0 bridgehead atoms. The molecule has 0 aliphatic carbocycles. The van der Waals surface area contributed by atoms with Crippen LogP contribution in [0.5, 0.6) is 0 Å². The summed E-state index contributed by atoms with van der Waals surface area (Å²) in [5.41, 5.74) is 0. The van der Waals surface area contributed by atoms with E-state index in [1.807, 2.05) is 18.3 Å². The first-order valence-corrected chi connectivity index (χ1v) is 6.44. The Bertz CT molecular complexity index is 240. The molecule has 0 fully saturated rings. The van der Waals surface area contributed by atoms with Gasteiger partial charge in [-0.15, -0.1) is 23.4 Å². The van der Waals surface area contributed by atoms with Gasteiger partial charge in [-0.25, -0.2) is 4.98 Å². The first kappa shape index (κ1) is 11.3. The van der Waals surface area contributed by atoms with Crippen molar-refractivity contribution in [1.82, 2.24) is 4.98 Å². The van der Waals surface area contributed by atoms with E-state index in [9.17, 15) is 0 Å². The molecule has 1 aromatic heterocycles. The van der Waals surface area contributed by atoms with Crippen molar-refractivity contribution in [3.8, 4) is 0 Å². The minimum absolute atomic E-state index is 0.758. The molecule has 1 aromatic rings. The largest absolute Gasteiger partial charge is 0.249 e. The highest BCUT2D eigenvalue weighted by molar-refractivity contribution is 9.10. The van der Waals surface area contributed by atoms with E-state index < -0.39 is 0 Å². The molecule has 1 nitrogen and oxygen atoms in total. The Labute approximate surface area is 96.4 Å². The van der Waals surface area contributed by atoms with Gasteiger partial charge >= 0.3 is 0 Å². The fraction of sp³-hybridized carbons (Fsp3) is 0.444. The number of rotatable bonds is 5. The summed E-state index contributed by atoms with van der Waals surface area (Å²) in [6.07, 6.45) is 4.07. The maximum atomic E-state index is 5.57. The molecule has 4 heteroatoms. The van der Waals surface area contributed by atoms with Crippen molar-refractivity contribution in [3.05, 3.63) is 22.8 Å². The van der Waals surface area contributed by atoms with Crippen LogP contribution in [0.4, 0.5) is 0 Å². The van der Waals surface area contributed by atoms with Crippen LogP contribution in [0.2, 0.25) is 0 Å². The molecule has 1 heterocycles. The van der Waals surface area contributed by atoms with Gasteiger partial charge in [-0.05, 0) is 46.7 Å². The van der Waals surface area contributed by atoms with E-state index in [0.29, 0.717) is 0 Å². The fourth-order valence-electron chi connectivity index (χ4n) is 0.821. The Kier molecular flexibility index (Phi) is 5.83. The van der Waals surface area contributed by atoms with Gasteiger partial charge in [0.05, 0.1) is 5.03 Å². The topological polar surface area (TPSA) is 12.9 Å². The molecule has 0 N–H and O–H groups in total. The van der Waals surface area contributed by atoms with Crippen molar-refractivity contribution in [1.29, 1.82) is 0 Å². The Morgan fingerprint density at radius 3 is 2.85 bits per heavy atom. The average Bonchev–Trinajstić information content (AvgIpc) is 2.15. The van der Waals surface area contributed by atoms with Crippen molar-refractivity contribution in [2.75, 3.05) is 11.6 Å². The van der Waals surface area contributed by atoms with E-state index in [0.717, 1.165) is 34.0 Å². The molecule has 0 aliphatic heterocycles. The summed E-state index contributed by atoms with van der Waals surface area (Å²) in [5, 5.41) is 1.08. The lowest BCUT2D eigenvalue weighted by atomic mass is 10.4. The molecule has 0 unspecified atom stereocenters. The van der Waals surface area contributed by atoms with Crippen molar-refractivity contribution in [2.24, 2.45) is 0 Å². The summed E-state index contributed by atoms with van der Waals surface area (Å²) in [5.74, 6) is 1.86. The zero-order valence-electron chi connectivity index (χ0n) is 7.17. The third kappa shape index (κ3) is 4.89. The molecule has 0 spiro atoms. The van der Waals surface area contributed by atoms with Crippen LogP contribution in [0.15, 0.2) is 27.8 Å². The maximum absolute atomic E-state index is 5.57. The average molecular weight is 281 g/mol. The van der Waals surface area contributed by atoms with Gasteiger partial charge in [0.15, 0.2) is 0 Å². The zero-order valence-corrected chi connectivity index (χ0v) is 10.3. The molecular weight excluding hydrogens is 270 g/mol. The monoisotopic (exact) mass is 279 g/mol. The Hall–Kier alpha value is 0.270. The molecule has 0 aromatic carbocycles. The second kappa shape index (κ2) is 6.68. The molecule has 0 saturated heterocycles. The van der Waals surface area contributed by atoms with E-state index in [4.69, 9.17) is 11.6 Å². The van der Waals surface area contributed by atoms with Crippen LogP contribution in [0.3, 0.4) is 0 Å². The van der Waals surface area contributed by atoms with Crippen LogP contribution in [0.1, 0.15) is 12.8 Å². The molecule has 0 saturated carbocycles. The maximum Gasteiger partial charge on any atom is 0.0960 e. The van der Waals surface area contributed by atoms with E-state index in [2.05, 4.69) is 20.9 Å². The minimum atomic E-state index is 0.758. The fourth-order valence-corrected chi connectivity index (χ4v) is 2.09. The molecule has 13 heavy (non-hydrogen) atoms. The number of alkyl halides is 1. The molecule has 72 valence electrons. The van der Waals surface area contributed by atoms with Gasteiger partial charge in [0.2, 0.25) is 0 Å². The van der Waals surface area contributed by atoms with Crippen LogP contribution in [-0.4, -0.2) is 16.6 Å². The quantitative estimate of drug-likeness (QED) is 0.460. The predicted octanol–water partition coefficient (Wildman–Crippen LogP) is 3.96. The summed E-state index contributed by atoms with van der Waals surface area (Å²) in [4.78, 5) is 4.26. The van der Waals surface area contributed by atoms with Crippen LogP contribution in [0, 0.1) is 0 Å². The van der Waals surface area contributed by atoms with Crippen molar-refractivity contribution >= 4 is 39.3 Å².